The first-order chi connectivity index (χ1) is 28.9. The van der Waals surface area contributed by atoms with Crippen LogP contribution in [0.4, 0.5) is 0 Å². The second-order valence-electron chi connectivity index (χ2n) is 15.0. The van der Waals surface area contributed by atoms with Gasteiger partial charge >= 0.3 is 99.8 Å². The average molecular weight is 992 g/mol. The Kier molecular flexibility index (Phi) is 9.27. The minimum atomic E-state index is -2.47. The minimum Gasteiger partial charge on any atom is 0 e. The molecular formula is C49H44GeIrN4S-2. The molecule has 9 aromatic rings. The molecule has 1 radical (unpaired) electrons. The number of aryl methyl sites for hydroxylation is 5. The molecule has 0 aliphatic rings. The maximum Gasteiger partial charge on any atom is 0 e. The van der Waals surface area contributed by atoms with Crippen LogP contribution in [-0.4, -0.2) is 32.8 Å². The summed E-state index contributed by atoms with van der Waals surface area (Å²) in [5, 5.41) is 1.75. The zero-order valence-corrected chi connectivity index (χ0v) is 37.4. The van der Waals surface area contributed by atoms with E-state index in [0.29, 0.717) is 5.56 Å². The van der Waals surface area contributed by atoms with Gasteiger partial charge in [0.2, 0.25) is 0 Å². The average Bonchev–Trinajstić information content (AvgIpc) is 3.79. The molecule has 0 saturated heterocycles. The minimum absolute atomic E-state index is 0. The third kappa shape index (κ3) is 7.68. The van der Waals surface area contributed by atoms with Crippen LogP contribution in [0.1, 0.15) is 36.0 Å². The molecule has 0 saturated carbocycles. The van der Waals surface area contributed by atoms with Crippen LogP contribution >= 0.6 is 11.3 Å². The van der Waals surface area contributed by atoms with Crippen LogP contribution < -0.4 is 4.40 Å². The van der Waals surface area contributed by atoms with Gasteiger partial charge in [-0.15, -0.1) is 18.2 Å². The Morgan fingerprint density at radius 2 is 1.50 bits per heavy atom. The molecule has 5 aromatic carbocycles. The van der Waals surface area contributed by atoms with E-state index in [-0.39, 0.29) is 31.2 Å². The van der Waals surface area contributed by atoms with E-state index in [2.05, 4.69) is 90.1 Å². The molecule has 281 valence electrons. The normalized spacial score (nSPS) is 13.5. The van der Waals surface area contributed by atoms with Gasteiger partial charge in [-0.25, -0.2) is 4.98 Å². The molecule has 0 amide bonds. The molecular weight excluding hydrogens is 941 g/mol. The predicted octanol–water partition coefficient (Wildman–Crippen LogP) is 12.6. The van der Waals surface area contributed by atoms with Crippen LogP contribution in [0.3, 0.4) is 0 Å². The summed E-state index contributed by atoms with van der Waals surface area (Å²) in [4.78, 5) is 15.1. The van der Waals surface area contributed by atoms with Crippen molar-refractivity contribution in [2.45, 2.75) is 51.7 Å². The molecule has 4 heterocycles. The summed E-state index contributed by atoms with van der Waals surface area (Å²) >= 11 is -0.198. The van der Waals surface area contributed by atoms with E-state index in [9.17, 15) is 0 Å². The number of hydrogen-bond donors (Lipinski definition) is 0. The number of imidazole rings is 1. The van der Waals surface area contributed by atoms with Crippen molar-refractivity contribution in [2.75, 3.05) is 0 Å². The molecule has 0 bridgehead atoms. The molecule has 56 heavy (non-hydrogen) atoms. The molecule has 0 spiro atoms. The number of para-hydroxylation sites is 2. The van der Waals surface area contributed by atoms with Crippen LogP contribution in [0.25, 0.3) is 70.8 Å². The quantitative estimate of drug-likeness (QED) is 0.127. The van der Waals surface area contributed by atoms with Crippen molar-refractivity contribution in [1.29, 1.82) is 0 Å². The largest absolute Gasteiger partial charge is 0 e. The Bertz CT molecular complexity index is 3020. The predicted molar refractivity (Wildman–Crippen MR) is 237 cm³/mol. The van der Waals surface area contributed by atoms with Gasteiger partial charge in [-0.1, -0.05) is 70.1 Å². The molecule has 0 aliphatic carbocycles. The van der Waals surface area contributed by atoms with Crippen molar-refractivity contribution in [1.82, 2.24) is 19.5 Å². The fraction of sp³-hybridized carbons (Fsp3) is 0.163. The SMILES string of the molecule is [2H]C([2H])([2H])c1cc(-c2ccnc3sc4c(-c5nc6ccccc6n5-c5c(C)cc(C)cc5C)[c-]ccc4c23)cc(C([2H])([2H])[2H])c1.[CH3][Ge]([CH3])([CH3])[c]1ccc(-c2[c-]cccc2)nc1.[Ir]. The Hall–Kier alpha value is -4.72. The van der Waals surface area contributed by atoms with Gasteiger partial charge in [-0.3, -0.25) is 4.98 Å². The monoisotopic (exact) mass is 993 g/mol. The fourth-order valence-electron chi connectivity index (χ4n) is 7.35. The Balaban J connectivity index is 0.000000286. The first-order valence-corrected chi connectivity index (χ1v) is 26.4. The molecule has 4 aromatic heterocycles. The zero-order valence-electron chi connectivity index (χ0n) is 38.1. The van der Waals surface area contributed by atoms with Crippen molar-refractivity contribution in [3.05, 3.63) is 162 Å². The Morgan fingerprint density at radius 3 is 2.18 bits per heavy atom. The smallest absolute Gasteiger partial charge is 0 e. The van der Waals surface area contributed by atoms with E-state index in [1.807, 2.05) is 66.9 Å². The molecule has 0 fully saturated rings. The number of hydrogen-bond acceptors (Lipinski definition) is 4. The van der Waals surface area contributed by atoms with Gasteiger partial charge in [0.1, 0.15) is 4.83 Å². The summed E-state index contributed by atoms with van der Waals surface area (Å²) < 4.78 is 52.7. The summed E-state index contributed by atoms with van der Waals surface area (Å²) in [6.07, 6.45) is 3.72. The fourth-order valence-corrected chi connectivity index (χ4v) is 10.7. The first kappa shape index (κ1) is 32.4. The number of benzene rings is 5. The van der Waals surface area contributed by atoms with E-state index in [1.165, 1.54) is 27.4 Å². The maximum atomic E-state index is 8.03. The summed E-state index contributed by atoms with van der Waals surface area (Å²) in [6, 6.07) is 41.5. The van der Waals surface area contributed by atoms with Gasteiger partial charge in [0.05, 0.1) is 16.9 Å². The number of thiophene rings is 1. The van der Waals surface area contributed by atoms with Gasteiger partial charge in [0.15, 0.2) is 0 Å². The third-order valence-corrected chi connectivity index (χ3v) is 15.2. The molecule has 7 heteroatoms. The summed E-state index contributed by atoms with van der Waals surface area (Å²) in [6.45, 7) is 1.41. The maximum absolute atomic E-state index is 8.03. The first-order valence-electron chi connectivity index (χ1n) is 21.3. The van der Waals surface area contributed by atoms with Gasteiger partial charge in [-0.05, 0) is 79.6 Å². The molecule has 9 rings (SSSR count). The summed E-state index contributed by atoms with van der Waals surface area (Å²) in [5.74, 6) is 7.90. The van der Waals surface area contributed by atoms with E-state index >= 15 is 0 Å². The van der Waals surface area contributed by atoms with Crippen LogP contribution in [0.5, 0.6) is 0 Å². The van der Waals surface area contributed by atoms with Crippen LogP contribution in [0.2, 0.25) is 17.3 Å². The van der Waals surface area contributed by atoms with E-state index in [4.69, 9.17) is 18.2 Å². The zero-order chi connectivity index (χ0) is 43.4. The van der Waals surface area contributed by atoms with E-state index in [0.717, 1.165) is 76.4 Å². The second-order valence-corrected chi connectivity index (χ2v) is 26.7. The van der Waals surface area contributed by atoms with Crippen molar-refractivity contribution in [3.63, 3.8) is 0 Å². The van der Waals surface area contributed by atoms with Gasteiger partial charge in [0.25, 0.3) is 0 Å². The van der Waals surface area contributed by atoms with Crippen LogP contribution in [-0.2, 0) is 20.1 Å². The van der Waals surface area contributed by atoms with E-state index in [1.54, 1.807) is 18.3 Å². The molecule has 0 unspecified atom stereocenters. The van der Waals surface area contributed by atoms with Gasteiger partial charge in [-0.2, -0.15) is 11.3 Å². The molecule has 0 N–H and O–H groups in total. The van der Waals surface area contributed by atoms with Crippen LogP contribution in [0.15, 0.2) is 122 Å². The number of aromatic nitrogens is 4. The molecule has 0 aliphatic heterocycles. The third-order valence-electron chi connectivity index (χ3n) is 9.84. The number of pyridine rings is 2. The van der Waals surface area contributed by atoms with Crippen molar-refractivity contribution < 1.29 is 28.3 Å². The number of nitrogens with zero attached hydrogens (tertiary/aromatic N) is 4. The van der Waals surface area contributed by atoms with Gasteiger partial charge in [0, 0.05) is 45.6 Å². The van der Waals surface area contributed by atoms with Crippen molar-refractivity contribution >= 4 is 60.3 Å². The number of fused-ring (bicyclic) bond motifs is 4. The summed E-state index contributed by atoms with van der Waals surface area (Å²) in [5.41, 5.74) is 10.5. The van der Waals surface area contributed by atoms with E-state index < -0.39 is 27.0 Å². The summed E-state index contributed by atoms with van der Waals surface area (Å²) in [7, 11) is 0. The Labute approximate surface area is 358 Å². The van der Waals surface area contributed by atoms with Crippen molar-refractivity contribution in [2.24, 2.45) is 0 Å². The Morgan fingerprint density at radius 1 is 0.750 bits per heavy atom. The van der Waals surface area contributed by atoms with Gasteiger partial charge < -0.3 is 4.57 Å². The van der Waals surface area contributed by atoms with Crippen LogP contribution in [0, 0.1) is 46.6 Å². The second kappa shape index (κ2) is 16.0. The van der Waals surface area contributed by atoms with Crippen molar-refractivity contribution in [3.8, 4) is 39.5 Å². The molecule has 4 nitrogen and oxygen atoms in total. The standard InChI is InChI=1S/C35H28N3S.C14H16GeN.Ir/c1-20-15-21(2)19-25(18-20)26-13-14-36-35-31(26)27-9-8-10-28(33(27)39-35)34-37-29-11-6-7-12-30(29)38(34)32-23(4)16-22(3)17-24(32)5;1-15(2,3)13-9-10-14(16-11-13)12-7-5-4-6-8-12;/h6-9,11-19H,1-5H3;4-7,9-11H,1-3H3;/q2*-1;/i1D3,2D3;;. The number of rotatable bonds is 5. The molecule has 0 atom stereocenters. The topological polar surface area (TPSA) is 43.6 Å².